The third kappa shape index (κ3) is 5.27. The van der Waals surface area contributed by atoms with Crippen LogP contribution in [-0.2, 0) is 0 Å². The molecule has 0 radical (unpaired) electrons. The maximum absolute atomic E-state index is 6.66. The lowest BCUT2D eigenvalue weighted by atomic mass is 9.93. The Bertz CT molecular complexity index is 3850. The number of hydrogen-bond acceptors (Lipinski definition) is 3. The molecule has 4 nitrogen and oxygen atoms in total. The topological polar surface area (TPSA) is 34.5 Å². The average molecular weight is 793 g/mol. The zero-order valence-corrected chi connectivity index (χ0v) is 33.5. The number of fused-ring (bicyclic) bond motifs is 11. The van der Waals surface area contributed by atoms with Crippen LogP contribution in [-0.4, -0.2) is 4.57 Å². The van der Waals surface area contributed by atoms with Crippen molar-refractivity contribution in [2.75, 3.05) is 4.90 Å². The molecule has 0 amide bonds. The SMILES string of the molecule is c1ccc(-n2c3ccccc3c3c4cc(-c5ccc(N(c6ccc(-c7cc8ccccc8c8ccccc78)cc6)c6cccc7c6oc6ccccc67)cc5)ccc4oc32)cc1. The number of furan rings is 2. The van der Waals surface area contributed by atoms with Gasteiger partial charge in [0.25, 0.3) is 0 Å². The highest BCUT2D eigenvalue weighted by atomic mass is 16.3. The maximum atomic E-state index is 6.66. The second-order valence-electron chi connectivity index (χ2n) is 16.1. The fourth-order valence-electron chi connectivity index (χ4n) is 9.73. The summed E-state index contributed by atoms with van der Waals surface area (Å²) in [6.07, 6.45) is 0. The molecule has 0 saturated heterocycles. The molecule has 13 aromatic rings. The number of rotatable bonds is 6. The Morgan fingerprint density at radius 2 is 0.984 bits per heavy atom. The van der Waals surface area contributed by atoms with E-state index < -0.39 is 0 Å². The molecule has 3 aromatic heterocycles. The minimum atomic E-state index is 0.853. The standard InChI is InChI=1S/C58H36N2O2/c1-2-14-41(15-3-1)60-52-22-10-8-20-49(52)56-51-35-39(29-34-55(51)62-58(56)60)37-25-30-42(31-26-37)59(53-23-12-21-48-47-19-9-11-24-54(47)61-57(48)53)43-32-27-38(28-33-43)50-36-40-13-4-5-16-44(40)45-17-6-7-18-46(45)50/h1-36H. The first kappa shape index (κ1) is 34.5. The molecule has 0 unspecified atom stereocenters. The van der Waals surface area contributed by atoms with Crippen LogP contribution in [0, 0.1) is 0 Å². The summed E-state index contributed by atoms with van der Waals surface area (Å²) in [5.41, 5.74) is 13.3. The van der Waals surface area contributed by atoms with E-state index >= 15 is 0 Å². The van der Waals surface area contributed by atoms with E-state index in [1.807, 2.05) is 18.2 Å². The lowest BCUT2D eigenvalue weighted by Gasteiger charge is -2.26. The molecule has 0 atom stereocenters. The van der Waals surface area contributed by atoms with Crippen LogP contribution in [0.1, 0.15) is 0 Å². The fourth-order valence-corrected chi connectivity index (χ4v) is 9.73. The Morgan fingerprint density at radius 1 is 0.371 bits per heavy atom. The molecule has 13 rings (SSSR count). The summed E-state index contributed by atoms with van der Waals surface area (Å²) in [4.78, 5) is 2.32. The number of aromatic nitrogens is 1. The molecule has 0 N–H and O–H groups in total. The van der Waals surface area contributed by atoms with Crippen LogP contribution in [0.4, 0.5) is 17.1 Å². The van der Waals surface area contributed by atoms with Gasteiger partial charge in [0.15, 0.2) is 5.58 Å². The van der Waals surface area contributed by atoms with Gasteiger partial charge >= 0.3 is 0 Å². The van der Waals surface area contributed by atoms with Crippen LogP contribution in [0.2, 0.25) is 0 Å². The van der Waals surface area contributed by atoms with Crippen molar-refractivity contribution >= 4 is 93.5 Å². The minimum Gasteiger partial charge on any atom is -0.454 e. The highest BCUT2D eigenvalue weighted by Crippen LogP contribution is 2.45. The molecule has 0 saturated carbocycles. The van der Waals surface area contributed by atoms with Crippen molar-refractivity contribution in [1.82, 2.24) is 4.57 Å². The molecule has 0 spiro atoms. The van der Waals surface area contributed by atoms with Crippen molar-refractivity contribution in [3.05, 3.63) is 218 Å². The van der Waals surface area contributed by atoms with E-state index in [2.05, 4.69) is 210 Å². The van der Waals surface area contributed by atoms with E-state index in [0.29, 0.717) is 0 Å². The van der Waals surface area contributed by atoms with E-state index in [9.17, 15) is 0 Å². The predicted octanol–water partition coefficient (Wildman–Crippen LogP) is 16.5. The van der Waals surface area contributed by atoms with Crippen molar-refractivity contribution < 1.29 is 8.83 Å². The van der Waals surface area contributed by atoms with Crippen LogP contribution < -0.4 is 4.90 Å². The summed E-state index contributed by atoms with van der Waals surface area (Å²) in [7, 11) is 0. The molecular weight excluding hydrogens is 757 g/mol. The smallest absolute Gasteiger partial charge is 0.213 e. The van der Waals surface area contributed by atoms with Gasteiger partial charge in [-0.05, 0) is 117 Å². The Morgan fingerprint density at radius 3 is 1.79 bits per heavy atom. The summed E-state index contributed by atoms with van der Waals surface area (Å²) < 4.78 is 15.5. The number of benzene rings is 10. The highest BCUT2D eigenvalue weighted by molar-refractivity contribution is 6.20. The molecular formula is C58H36N2O2. The highest BCUT2D eigenvalue weighted by Gasteiger charge is 2.22. The molecule has 0 aliphatic heterocycles. The number of nitrogens with zero attached hydrogens (tertiary/aromatic N) is 2. The fraction of sp³-hybridized carbons (Fsp3) is 0. The summed E-state index contributed by atoms with van der Waals surface area (Å²) >= 11 is 0. The van der Waals surface area contributed by atoms with Crippen molar-refractivity contribution in [2.45, 2.75) is 0 Å². The molecule has 10 aromatic carbocycles. The Labute approximate surface area is 356 Å². The largest absolute Gasteiger partial charge is 0.454 e. The van der Waals surface area contributed by atoms with E-state index in [1.54, 1.807) is 0 Å². The molecule has 0 bridgehead atoms. The molecule has 62 heavy (non-hydrogen) atoms. The van der Waals surface area contributed by atoms with Crippen LogP contribution in [0.15, 0.2) is 227 Å². The summed E-state index contributed by atoms with van der Waals surface area (Å²) in [6, 6.07) is 77.9. The summed E-state index contributed by atoms with van der Waals surface area (Å²) in [5.74, 6) is 0. The normalized spacial score (nSPS) is 11.9. The zero-order chi connectivity index (χ0) is 40.7. The van der Waals surface area contributed by atoms with Crippen molar-refractivity contribution in [3.63, 3.8) is 0 Å². The van der Waals surface area contributed by atoms with E-state index in [4.69, 9.17) is 8.83 Å². The van der Waals surface area contributed by atoms with Crippen molar-refractivity contribution in [2.24, 2.45) is 0 Å². The van der Waals surface area contributed by atoms with E-state index in [0.717, 1.165) is 83.4 Å². The Kier molecular flexibility index (Phi) is 7.57. The molecule has 0 fully saturated rings. The first-order valence-electron chi connectivity index (χ1n) is 21.1. The van der Waals surface area contributed by atoms with Gasteiger partial charge < -0.3 is 13.7 Å². The third-order valence-electron chi connectivity index (χ3n) is 12.6. The second kappa shape index (κ2) is 13.6. The quantitative estimate of drug-likeness (QED) is 0.157. The van der Waals surface area contributed by atoms with Crippen LogP contribution in [0.5, 0.6) is 0 Å². The average Bonchev–Trinajstić information content (AvgIpc) is 4.01. The molecule has 4 heteroatoms. The van der Waals surface area contributed by atoms with Gasteiger partial charge in [-0.2, -0.15) is 0 Å². The zero-order valence-electron chi connectivity index (χ0n) is 33.5. The number of anilines is 3. The van der Waals surface area contributed by atoms with E-state index in [1.165, 1.54) is 38.1 Å². The molecule has 0 aliphatic rings. The first-order valence-corrected chi connectivity index (χ1v) is 21.1. The van der Waals surface area contributed by atoms with Crippen molar-refractivity contribution in [3.8, 4) is 27.9 Å². The van der Waals surface area contributed by atoms with Gasteiger partial charge in [-0.15, -0.1) is 0 Å². The molecule has 3 heterocycles. The van der Waals surface area contributed by atoms with Gasteiger partial charge in [0.1, 0.15) is 11.2 Å². The second-order valence-corrected chi connectivity index (χ2v) is 16.1. The minimum absolute atomic E-state index is 0.853. The lowest BCUT2D eigenvalue weighted by molar-refractivity contribution is 0.645. The van der Waals surface area contributed by atoms with Crippen LogP contribution in [0.25, 0.3) is 104 Å². The van der Waals surface area contributed by atoms with Gasteiger partial charge in [0, 0.05) is 38.6 Å². The predicted molar refractivity (Wildman–Crippen MR) is 258 cm³/mol. The van der Waals surface area contributed by atoms with Gasteiger partial charge in [-0.25, -0.2) is 0 Å². The molecule has 0 aliphatic carbocycles. The van der Waals surface area contributed by atoms with Gasteiger partial charge in [-0.3, -0.25) is 4.57 Å². The number of para-hydroxylation sites is 4. The third-order valence-corrected chi connectivity index (χ3v) is 12.6. The van der Waals surface area contributed by atoms with Crippen molar-refractivity contribution in [1.29, 1.82) is 0 Å². The number of hydrogen-bond donors (Lipinski definition) is 0. The Hall–Kier alpha value is -8.34. The summed E-state index contributed by atoms with van der Waals surface area (Å²) in [5, 5.41) is 10.6. The van der Waals surface area contributed by atoms with E-state index in [-0.39, 0.29) is 0 Å². The monoisotopic (exact) mass is 792 g/mol. The lowest BCUT2D eigenvalue weighted by Crippen LogP contribution is -2.10. The van der Waals surface area contributed by atoms with Gasteiger partial charge in [-0.1, -0.05) is 146 Å². The maximum Gasteiger partial charge on any atom is 0.213 e. The van der Waals surface area contributed by atoms with Gasteiger partial charge in [0.05, 0.1) is 16.6 Å². The summed E-state index contributed by atoms with van der Waals surface area (Å²) in [6.45, 7) is 0. The van der Waals surface area contributed by atoms with Gasteiger partial charge in [0.2, 0.25) is 5.71 Å². The first-order chi connectivity index (χ1) is 30.7. The van der Waals surface area contributed by atoms with Crippen LogP contribution in [0.3, 0.4) is 0 Å². The van der Waals surface area contributed by atoms with Crippen LogP contribution >= 0.6 is 0 Å². The molecule has 290 valence electrons. The Balaban J connectivity index is 0.940.